The molecule has 0 aromatic heterocycles. The molecular formula is C23H22Cl2N2O4S. The zero-order valence-corrected chi connectivity index (χ0v) is 19.8. The summed E-state index contributed by atoms with van der Waals surface area (Å²) in [6.07, 6.45) is 0. The third-order valence-corrected chi connectivity index (χ3v) is 6.73. The van der Waals surface area contributed by atoms with Crippen LogP contribution in [0.2, 0.25) is 10.0 Å². The number of sulfonamides is 1. The molecule has 0 saturated heterocycles. The highest BCUT2D eigenvalue weighted by Crippen LogP contribution is 2.23. The second-order valence-electron chi connectivity index (χ2n) is 7.17. The number of aryl methyl sites for hydroxylation is 1. The van der Waals surface area contributed by atoms with Crippen LogP contribution in [0.1, 0.15) is 24.1 Å². The summed E-state index contributed by atoms with van der Waals surface area (Å²) in [6, 6.07) is 17.7. The van der Waals surface area contributed by atoms with E-state index in [4.69, 9.17) is 27.9 Å². The third-order valence-electron chi connectivity index (χ3n) is 4.68. The number of carbonyl (C=O) groups excluding carboxylic acids is 1. The van der Waals surface area contributed by atoms with Gasteiger partial charge in [-0.2, -0.15) is 0 Å². The van der Waals surface area contributed by atoms with E-state index in [-0.39, 0.29) is 23.5 Å². The van der Waals surface area contributed by atoms with E-state index >= 15 is 0 Å². The normalized spacial score (nSPS) is 12.1. The van der Waals surface area contributed by atoms with Gasteiger partial charge in [0.15, 0.2) is 6.61 Å². The monoisotopic (exact) mass is 492 g/mol. The average Bonchev–Trinajstić information content (AvgIpc) is 2.75. The Morgan fingerprint density at radius 2 is 1.66 bits per heavy atom. The van der Waals surface area contributed by atoms with Gasteiger partial charge in [0, 0.05) is 10.0 Å². The Morgan fingerprint density at radius 3 is 2.28 bits per heavy atom. The van der Waals surface area contributed by atoms with Gasteiger partial charge in [-0.1, -0.05) is 41.4 Å². The molecule has 168 valence electrons. The average molecular weight is 493 g/mol. The van der Waals surface area contributed by atoms with Crippen LogP contribution in [-0.2, 0) is 14.8 Å². The lowest BCUT2D eigenvalue weighted by atomic mass is 10.1. The zero-order chi connectivity index (χ0) is 23.3. The number of hydrogen-bond acceptors (Lipinski definition) is 4. The van der Waals surface area contributed by atoms with Gasteiger partial charge in [-0.05, 0) is 73.5 Å². The van der Waals surface area contributed by atoms with Crippen molar-refractivity contribution < 1.29 is 17.9 Å². The highest BCUT2D eigenvalue weighted by atomic mass is 35.5. The van der Waals surface area contributed by atoms with Crippen molar-refractivity contribution in [1.29, 1.82) is 0 Å². The smallest absolute Gasteiger partial charge is 0.261 e. The van der Waals surface area contributed by atoms with Gasteiger partial charge in [0.1, 0.15) is 5.75 Å². The lowest BCUT2D eigenvalue weighted by molar-refractivity contribution is -0.123. The molecule has 3 rings (SSSR count). The molecule has 6 nitrogen and oxygen atoms in total. The molecule has 0 aliphatic rings. The standard InChI is InChI=1S/C23H22Cl2N2O4S/c1-15-3-8-19(13-22(15)25)27-32(29,30)21-11-9-20(10-12-21)31-14-23(28)26-16(2)17-4-6-18(24)7-5-17/h3-13,16,27H,14H2,1-2H3,(H,26,28). The van der Waals surface area contributed by atoms with Crippen molar-refractivity contribution in [1.82, 2.24) is 5.32 Å². The minimum absolute atomic E-state index is 0.0577. The first-order chi connectivity index (χ1) is 15.1. The van der Waals surface area contributed by atoms with Crippen LogP contribution < -0.4 is 14.8 Å². The number of halogens is 2. The predicted molar refractivity (Wildman–Crippen MR) is 127 cm³/mol. The van der Waals surface area contributed by atoms with Gasteiger partial charge in [-0.15, -0.1) is 0 Å². The van der Waals surface area contributed by atoms with Crippen molar-refractivity contribution in [3.05, 3.63) is 87.9 Å². The van der Waals surface area contributed by atoms with Crippen LogP contribution in [0.15, 0.2) is 71.6 Å². The Hall–Kier alpha value is -2.74. The highest BCUT2D eigenvalue weighted by molar-refractivity contribution is 7.92. The van der Waals surface area contributed by atoms with Crippen molar-refractivity contribution in [2.45, 2.75) is 24.8 Å². The number of benzene rings is 3. The number of amides is 1. The van der Waals surface area contributed by atoms with Crippen molar-refractivity contribution in [2.24, 2.45) is 0 Å². The maximum atomic E-state index is 12.6. The van der Waals surface area contributed by atoms with E-state index in [9.17, 15) is 13.2 Å². The Bertz CT molecular complexity index is 1200. The summed E-state index contributed by atoms with van der Waals surface area (Å²) < 4.78 is 33.1. The highest BCUT2D eigenvalue weighted by Gasteiger charge is 2.15. The summed E-state index contributed by atoms with van der Waals surface area (Å²) in [4.78, 5) is 12.2. The number of ether oxygens (including phenoxy) is 1. The first-order valence-corrected chi connectivity index (χ1v) is 11.9. The molecule has 32 heavy (non-hydrogen) atoms. The molecule has 9 heteroatoms. The predicted octanol–water partition coefficient (Wildman–Crippen LogP) is 5.36. The largest absolute Gasteiger partial charge is 0.484 e. The molecule has 1 unspecified atom stereocenters. The molecule has 0 aliphatic heterocycles. The molecule has 3 aromatic rings. The van der Waals surface area contributed by atoms with Crippen molar-refractivity contribution in [2.75, 3.05) is 11.3 Å². The lowest BCUT2D eigenvalue weighted by Gasteiger charge is -2.15. The Morgan fingerprint density at radius 1 is 1.00 bits per heavy atom. The van der Waals surface area contributed by atoms with Crippen molar-refractivity contribution in [3.8, 4) is 5.75 Å². The van der Waals surface area contributed by atoms with E-state index in [1.54, 1.807) is 30.3 Å². The van der Waals surface area contributed by atoms with E-state index in [2.05, 4.69) is 10.0 Å². The summed E-state index contributed by atoms with van der Waals surface area (Å²) >= 11 is 11.9. The fraction of sp³-hybridized carbons (Fsp3) is 0.174. The first kappa shape index (κ1) is 23.9. The molecule has 1 amide bonds. The van der Waals surface area contributed by atoms with E-state index in [0.29, 0.717) is 21.5 Å². The first-order valence-electron chi connectivity index (χ1n) is 9.71. The molecular weight excluding hydrogens is 471 g/mol. The molecule has 0 heterocycles. The lowest BCUT2D eigenvalue weighted by Crippen LogP contribution is -2.31. The maximum Gasteiger partial charge on any atom is 0.261 e. The van der Waals surface area contributed by atoms with Crippen LogP contribution >= 0.6 is 23.2 Å². The third kappa shape index (κ3) is 6.38. The molecule has 0 saturated carbocycles. The Balaban J connectivity index is 1.56. The van der Waals surface area contributed by atoms with Gasteiger partial charge in [-0.3, -0.25) is 9.52 Å². The van der Waals surface area contributed by atoms with E-state index in [0.717, 1.165) is 11.1 Å². The number of hydrogen-bond donors (Lipinski definition) is 2. The van der Waals surface area contributed by atoms with Gasteiger partial charge < -0.3 is 10.1 Å². The van der Waals surface area contributed by atoms with E-state index < -0.39 is 10.0 Å². The zero-order valence-electron chi connectivity index (χ0n) is 17.4. The van der Waals surface area contributed by atoms with E-state index in [1.165, 1.54) is 24.3 Å². The molecule has 0 bridgehead atoms. The SMILES string of the molecule is Cc1ccc(NS(=O)(=O)c2ccc(OCC(=O)NC(C)c3ccc(Cl)cc3)cc2)cc1Cl. The van der Waals surface area contributed by atoms with Crippen LogP contribution in [0.4, 0.5) is 5.69 Å². The molecule has 1 atom stereocenters. The van der Waals surface area contributed by atoms with Crippen LogP contribution in [0.5, 0.6) is 5.75 Å². The summed E-state index contributed by atoms with van der Waals surface area (Å²) in [5.74, 6) is 0.0682. The summed E-state index contributed by atoms with van der Waals surface area (Å²) in [6.45, 7) is 3.48. The Labute approximate surface area is 197 Å². The van der Waals surface area contributed by atoms with Gasteiger partial charge in [0.2, 0.25) is 0 Å². The van der Waals surface area contributed by atoms with Crippen LogP contribution in [0.3, 0.4) is 0 Å². The van der Waals surface area contributed by atoms with Crippen molar-refractivity contribution in [3.63, 3.8) is 0 Å². The Kier molecular flexibility index (Phi) is 7.66. The van der Waals surface area contributed by atoms with Gasteiger partial charge in [0.25, 0.3) is 15.9 Å². The fourth-order valence-corrected chi connectivity index (χ4v) is 4.21. The van der Waals surface area contributed by atoms with Gasteiger partial charge >= 0.3 is 0 Å². The summed E-state index contributed by atoms with van der Waals surface area (Å²) in [5, 5.41) is 3.93. The maximum absolute atomic E-state index is 12.6. The number of nitrogens with one attached hydrogen (secondary N) is 2. The van der Waals surface area contributed by atoms with Crippen LogP contribution in [0, 0.1) is 6.92 Å². The fourth-order valence-electron chi connectivity index (χ4n) is 2.85. The molecule has 0 fully saturated rings. The van der Waals surface area contributed by atoms with Crippen LogP contribution in [-0.4, -0.2) is 20.9 Å². The number of rotatable bonds is 8. The molecule has 3 aromatic carbocycles. The topological polar surface area (TPSA) is 84.5 Å². The second-order valence-corrected chi connectivity index (χ2v) is 9.70. The van der Waals surface area contributed by atoms with E-state index in [1.807, 2.05) is 26.0 Å². The summed E-state index contributed by atoms with van der Waals surface area (Å²) in [7, 11) is -3.79. The van der Waals surface area contributed by atoms with Crippen LogP contribution in [0.25, 0.3) is 0 Å². The molecule has 0 radical (unpaired) electrons. The second kappa shape index (κ2) is 10.3. The van der Waals surface area contributed by atoms with Gasteiger partial charge in [-0.25, -0.2) is 8.42 Å². The molecule has 0 aliphatic carbocycles. The summed E-state index contributed by atoms with van der Waals surface area (Å²) in [5.41, 5.74) is 2.13. The molecule has 0 spiro atoms. The minimum atomic E-state index is -3.79. The molecule has 2 N–H and O–H groups in total. The van der Waals surface area contributed by atoms with Crippen molar-refractivity contribution >= 4 is 44.8 Å². The quantitative estimate of drug-likeness (QED) is 0.443. The van der Waals surface area contributed by atoms with Gasteiger partial charge in [0.05, 0.1) is 16.6 Å². The minimum Gasteiger partial charge on any atom is -0.484 e. The number of carbonyl (C=O) groups is 1. The number of anilines is 1.